The summed E-state index contributed by atoms with van der Waals surface area (Å²) in [5, 5.41) is 4.95. The minimum Gasteiger partial charge on any atom is -0.115 e. The molecule has 0 heteroatoms. The normalized spacial score (nSPS) is 13.5. The van der Waals surface area contributed by atoms with Gasteiger partial charge in [-0.2, -0.15) is 0 Å². The third-order valence-electron chi connectivity index (χ3n) is 7.79. The predicted molar refractivity (Wildman–Crippen MR) is 168 cm³/mol. The van der Waals surface area contributed by atoms with E-state index >= 15 is 0 Å². The van der Waals surface area contributed by atoms with Gasteiger partial charge in [-0.15, -0.1) is 6.42 Å². The molecule has 0 atom stereocenters. The van der Waals surface area contributed by atoms with Crippen molar-refractivity contribution >= 4 is 39.3 Å². The fourth-order valence-electron chi connectivity index (χ4n) is 6.07. The monoisotopic (exact) mass is 494 g/mol. The molecule has 0 radical (unpaired) electrons. The first-order valence-electron chi connectivity index (χ1n) is 13.4. The summed E-state index contributed by atoms with van der Waals surface area (Å²) in [6.45, 7) is 0. The highest BCUT2D eigenvalue weighted by molar-refractivity contribution is 6.22. The summed E-state index contributed by atoms with van der Waals surface area (Å²) in [6, 6.07) is 43.3. The van der Waals surface area contributed by atoms with E-state index in [2.05, 4.69) is 145 Å². The maximum atomic E-state index is 6.13. The van der Waals surface area contributed by atoms with Gasteiger partial charge in [0.05, 0.1) is 0 Å². The summed E-state index contributed by atoms with van der Waals surface area (Å²) < 4.78 is 0. The van der Waals surface area contributed by atoms with Crippen molar-refractivity contribution in [1.29, 1.82) is 0 Å². The van der Waals surface area contributed by atoms with Gasteiger partial charge in [-0.3, -0.25) is 0 Å². The SMILES string of the molecule is C#Cc1cccc(-c2c3ccccc3c(-c3ccccc3)c3ccccc23)c1C=C1CC=Cc2ccccc21. The van der Waals surface area contributed by atoms with Crippen LogP contribution >= 0.6 is 0 Å². The second-order valence-electron chi connectivity index (χ2n) is 9.98. The van der Waals surface area contributed by atoms with Crippen LogP contribution in [0.25, 0.3) is 61.5 Å². The Morgan fingerprint density at radius 1 is 0.564 bits per heavy atom. The summed E-state index contributed by atoms with van der Waals surface area (Å²) in [6.07, 6.45) is 13.8. The van der Waals surface area contributed by atoms with Crippen molar-refractivity contribution in [3.63, 3.8) is 0 Å². The van der Waals surface area contributed by atoms with Crippen LogP contribution in [-0.2, 0) is 0 Å². The zero-order chi connectivity index (χ0) is 26.2. The van der Waals surface area contributed by atoms with Gasteiger partial charge in [-0.25, -0.2) is 0 Å². The van der Waals surface area contributed by atoms with E-state index < -0.39 is 0 Å². The molecule has 0 unspecified atom stereocenters. The van der Waals surface area contributed by atoms with E-state index in [1.807, 2.05) is 0 Å². The van der Waals surface area contributed by atoms with Crippen LogP contribution in [0.2, 0.25) is 0 Å². The molecule has 0 nitrogen and oxygen atoms in total. The summed E-state index contributed by atoms with van der Waals surface area (Å²) in [5.41, 5.74) is 10.7. The van der Waals surface area contributed by atoms with Gasteiger partial charge in [0.2, 0.25) is 0 Å². The van der Waals surface area contributed by atoms with Gasteiger partial charge in [0, 0.05) is 5.56 Å². The Bertz CT molecular complexity index is 1920. The molecular weight excluding hydrogens is 468 g/mol. The lowest BCUT2D eigenvalue weighted by Crippen LogP contribution is -1.97. The average Bonchev–Trinajstić information content (AvgIpc) is 3.00. The van der Waals surface area contributed by atoms with Crippen molar-refractivity contribution in [3.05, 3.63) is 150 Å². The zero-order valence-electron chi connectivity index (χ0n) is 21.6. The number of benzene rings is 6. The summed E-state index contributed by atoms with van der Waals surface area (Å²) in [5.74, 6) is 2.99. The Labute approximate surface area is 229 Å². The van der Waals surface area contributed by atoms with Gasteiger partial charge in [-0.1, -0.05) is 133 Å². The Morgan fingerprint density at radius 3 is 1.85 bits per heavy atom. The molecule has 0 amide bonds. The molecule has 0 heterocycles. The Kier molecular flexibility index (Phi) is 5.69. The molecule has 6 aromatic carbocycles. The third-order valence-corrected chi connectivity index (χ3v) is 7.79. The van der Waals surface area contributed by atoms with Crippen LogP contribution in [0.15, 0.2) is 127 Å². The maximum absolute atomic E-state index is 6.13. The highest BCUT2D eigenvalue weighted by Crippen LogP contribution is 2.45. The summed E-state index contributed by atoms with van der Waals surface area (Å²) in [4.78, 5) is 0. The van der Waals surface area contributed by atoms with E-state index in [-0.39, 0.29) is 0 Å². The summed E-state index contributed by atoms with van der Waals surface area (Å²) >= 11 is 0. The summed E-state index contributed by atoms with van der Waals surface area (Å²) in [7, 11) is 0. The van der Waals surface area contributed by atoms with Crippen LogP contribution in [0.5, 0.6) is 0 Å². The van der Waals surface area contributed by atoms with E-state index in [0.29, 0.717) is 0 Å². The minimum absolute atomic E-state index is 0.879. The van der Waals surface area contributed by atoms with Crippen LogP contribution in [-0.4, -0.2) is 0 Å². The molecule has 6 aromatic rings. The van der Waals surface area contributed by atoms with Crippen LogP contribution in [0.1, 0.15) is 28.7 Å². The van der Waals surface area contributed by atoms with Crippen molar-refractivity contribution in [2.75, 3.05) is 0 Å². The molecule has 39 heavy (non-hydrogen) atoms. The second kappa shape index (κ2) is 9.64. The van der Waals surface area contributed by atoms with Gasteiger partial charge in [0.1, 0.15) is 0 Å². The molecule has 182 valence electrons. The van der Waals surface area contributed by atoms with E-state index in [0.717, 1.165) is 23.1 Å². The standard InChI is InChI=1S/C39H26/c1-2-27-17-13-25-36(37(27)26-30-19-12-18-28-14-6-7-20-31(28)30)39-34-23-10-8-21-32(34)38(29-15-4-3-5-16-29)33-22-9-11-24-35(33)39/h1,3-18,20-26H,19H2. The Hall–Kier alpha value is -5.12. The highest BCUT2D eigenvalue weighted by Gasteiger charge is 2.19. The maximum Gasteiger partial charge on any atom is 0.0321 e. The van der Waals surface area contributed by atoms with Crippen molar-refractivity contribution in [2.45, 2.75) is 6.42 Å². The largest absolute Gasteiger partial charge is 0.115 e. The molecule has 0 fully saturated rings. The molecule has 0 saturated carbocycles. The first-order chi connectivity index (χ1) is 19.3. The molecule has 0 N–H and O–H groups in total. The number of fused-ring (bicyclic) bond motifs is 3. The number of hydrogen-bond donors (Lipinski definition) is 0. The number of allylic oxidation sites excluding steroid dienone is 2. The lowest BCUT2D eigenvalue weighted by molar-refractivity contribution is 1.37. The smallest absolute Gasteiger partial charge is 0.0321 e. The molecule has 0 aromatic heterocycles. The van der Waals surface area contributed by atoms with E-state index in [4.69, 9.17) is 6.42 Å². The van der Waals surface area contributed by atoms with Crippen molar-refractivity contribution in [2.24, 2.45) is 0 Å². The van der Waals surface area contributed by atoms with Crippen molar-refractivity contribution in [1.82, 2.24) is 0 Å². The number of hydrogen-bond acceptors (Lipinski definition) is 0. The van der Waals surface area contributed by atoms with Gasteiger partial charge in [0.15, 0.2) is 0 Å². The molecule has 1 aliphatic carbocycles. The zero-order valence-corrected chi connectivity index (χ0v) is 21.6. The molecule has 0 aliphatic heterocycles. The van der Waals surface area contributed by atoms with Crippen LogP contribution in [0, 0.1) is 12.3 Å². The van der Waals surface area contributed by atoms with Crippen molar-refractivity contribution in [3.8, 4) is 34.6 Å². The molecule has 7 rings (SSSR count). The minimum atomic E-state index is 0.879. The van der Waals surface area contributed by atoms with E-state index in [1.165, 1.54) is 54.9 Å². The highest BCUT2D eigenvalue weighted by atomic mass is 14.2. The molecule has 1 aliphatic rings. The Balaban J connectivity index is 1.59. The Morgan fingerprint density at radius 2 is 1.15 bits per heavy atom. The molecule has 0 bridgehead atoms. The van der Waals surface area contributed by atoms with Crippen LogP contribution < -0.4 is 0 Å². The van der Waals surface area contributed by atoms with E-state index in [1.54, 1.807) is 0 Å². The van der Waals surface area contributed by atoms with Crippen molar-refractivity contribution < 1.29 is 0 Å². The lowest BCUT2D eigenvalue weighted by atomic mass is 9.83. The number of terminal acetylenes is 1. The predicted octanol–water partition coefficient (Wildman–Crippen LogP) is 10.3. The van der Waals surface area contributed by atoms with Gasteiger partial charge in [-0.05, 0) is 84.6 Å². The first-order valence-corrected chi connectivity index (χ1v) is 13.4. The van der Waals surface area contributed by atoms with Crippen LogP contribution in [0.3, 0.4) is 0 Å². The average molecular weight is 495 g/mol. The fraction of sp³-hybridized carbons (Fsp3) is 0.0256. The fourth-order valence-corrected chi connectivity index (χ4v) is 6.07. The van der Waals surface area contributed by atoms with E-state index in [9.17, 15) is 0 Å². The molecule has 0 spiro atoms. The quantitative estimate of drug-likeness (QED) is 0.170. The van der Waals surface area contributed by atoms with Crippen LogP contribution in [0.4, 0.5) is 0 Å². The first kappa shape index (κ1) is 23.0. The second-order valence-corrected chi connectivity index (χ2v) is 9.98. The third kappa shape index (κ3) is 3.88. The van der Waals surface area contributed by atoms with Gasteiger partial charge in [0.25, 0.3) is 0 Å². The number of rotatable bonds is 3. The van der Waals surface area contributed by atoms with Gasteiger partial charge >= 0.3 is 0 Å². The van der Waals surface area contributed by atoms with Gasteiger partial charge < -0.3 is 0 Å². The topological polar surface area (TPSA) is 0 Å². The molecular formula is C39H26. The lowest BCUT2D eigenvalue weighted by Gasteiger charge is -2.20. The molecule has 0 saturated heterocycles.